The van der Waals surface area contributed by atoms with E-state index in [0.29, 0.717) is 13.1 Å². The molecule has 15 heavy (non-hydrogen) atoms. The highest BCUT2D eigenvalue weighted by atomic mass is 79.9. The maximum Gasteiger partial charge on any atom is 0.142 e. The standard InChI is InChI=1S/C9H9BrF2N2.ClH/c10-7-2-5(11)1-6(8(7)12)9(13)3-14-4-9;/h1-2,14H,3-4,13H2;1H. The minimum absolute atomic E-state index is 0. The van der Waals surface area contributed by atoms with Gasteiger partial charge in [0.15, 0.2) is 0 Å². The summed E-state index contributed by atoms with van der Waals surface area (Å²) in [7, 11) is 0. The molecule has 2 rings (SSSR count). The van der Waals surface area contributed by atoms with Gasteiger partial charge in [0, 0.05) is 18.7 Å². The monoisotopic (exact) mass is 298 g/mol. The topological polar surface area (TPSA) is 38.0 Å². The Morgan fingerprint density at radius 2 is 1.93 bits per heavy atom. The van der Waals surface area contributed by atoms with Gasteiger partial charge in [-0.2, -0.15) is 0 Å². The summed E-state index contributed by atoms with van der Waals surface area (Å²) in [6, 6.07) is 2.25. The zero-order valence-corrected chi connectivity index (χ0v) is 10.1. The van der Waals surface area contributed by atoms with E-state index in [2.05, 4.69) is 21.2 Å². The second-order valence-electron chi connectivity index (χ2n) is 3.51. The van der Waals surface area contributed by atoms with Gasteiger partial charge in [0.2, 0.25) is 0 Å². The second-order valence-corrected chi connectivity index (χ2v) is 4.36. The molecule has 84 valence electrons. The Labute approximate surface area is 101 Å². The summed E-state index contributed by atoms with van der Waals surface area (Å²) in [5.41, 5.74) is 5.33. The number of nitrogens with two attached hydrogens (primary N) is 1. The SMILES string of the molecule is Cl.NC1(c2cc(F)cc(Br)c2F)CNC1. The van der Waals surface area contributed by atoms with Crippen LogP contribution in [0.5, 0.6) is 0 Å². The molecule has 0 amide bonds. The fourth-order valence-corrected chi connectivity index (χ4v) is 1.94. The summed E-state index contributed by atoms with van der Waals surface area (Å²) in [4.78, 5) is 0. The molecular weight excluding hydrogens is 289 g/mol. The summed E-state index contributed by atoms with van der Waals surface area (Å²) in [5, 5.41) is 2.94. The molecule has 1 aliphatic rings. The third-order valence-electron chi connectivity index (χ3n) is 2.41. The van der Waals surface area contributed by atoms with Gasteiger partial charge in [-0.1, -0.05) is 0 Å². The van der Waals surface area contributed by atoms with Gasteiger partial charge in [0.1, 0.15) is 11.6 Å². The van der Waals surface area contributed by atoms with Crippen molar-refractivity contribution in [1.29, 1.82) is 0 Å². The van der Waals surface area contributed by atoms with Gasteiger partial charge in [-0.15, -0.1) is 12.4 Å². The van der Waals surface area contributed by atoms with Crippen LogP contribution in [0.25, 0.3) is 0 Å². The Morgan fingerprint density at radius 1 is 1.33 bits per heavy atom. The largest absolute Gasteiger partial charge is 0.319 e. The highest BCUT2D eigenvalue weighted by molar-refractivity contribution is 9.10. The molecule has 0 bridgehead atoms. The highest BCUT2D eigenvalue weighted by Gasteiger charge is 2.37. The van der Waals surface area contributed by atoms with Crippen LogP contribution < -0.4 is 11.1 Å². The quantitative estimate of drug-likeness (QED) is 0.778. The lowest BCUT2D eigenvalue weighted by Crippen LogP contribution is -2.63. The van der Waals surface area contributed by atoms with E-state index in [1.807, 2.05) is 0 Å². The van der Waals surface area contributed by atoms with Crippen molar-refractivity contribution >= 4 is 28.3 Å². The molecule has 0 radical (unpaired) electrons. The molecule has 0 aromatic heterocycles. The van der Waals surface area contributed by atoms with Gasteiger partial charge < -0.3 is 11.1 Å². The third-order valence-corrected chi connectivity index (χ3v) is 2.99. The fraction of sp³-hybridized carbons (Fsp3) is 0.333. The smallest absolute Gasteiger partial charge is 0.142 e. The normalized spacial score (nSPS) is 17.9. The van der Waals surface area contributed by atoms with Crippen molar-refractivity contribution in [2.45, 2.75) is 5.54 Å². The molecule has 0 saturated carbocycles. The van der Waals surface area contributed by atoms with E-state index in [1.165, 1.54) is 0 Å². The van der Waals surface area contributed by atoms with Crippen LogP contribution in [0.2, 0.25) is 0 Å². The average molecular weight is 300 g/mol. The molecule has 0 aliphatic carbocycles. The lowest BCUT2D eigenvalue weighted by Gasteiger charge is -2.39. The molecule has 1 aromatic carbocycles. The number of benzene rings is 1. The third kappa shape index (κ3) is 2.15. The number of nitrogens with one attached hydrogen (secondary N) is 1. The van der Waals surface area contributed by atoms with Crippen LogP contribution >= 0.6 is 28.3 Å². The van der Waals surface area contributed by atoms with Gasteiger partial charge in [-0.3, -0.25) is 0 Å². The number of hydrogen-bond donors (Lipinski definition) is 2. The van der Waals surface area contributed by atoms with E-state index in [9.17, 15) is 8.78 Å². The Morgan fingerprint density at radius 3 is 2.40 bits per heavy atom. The van der Waals surface area contributed by atoms with Crippen LogP contribution in [0.4, 0.5) is 8.78 Å². The van der Waals surface area contributed by atoms with E-state index in [1.54, 1.807) is 0 Å². The van der Waals surface area contributed by atoms with E-state index in [-0.39, 0.29) is 22.4 Å². The van der Waals surface area contributed by atoms with Crippen molar-refractivity contribution in [1.82, 2.24) is 5.32 Å². The fourth-order valence-electron chi connectivity index (χ4n) is 1.50. The molecule has 3 N–H and O–H groups in total. The molecule has 0 spiro atoms. The molecule has 1 aliphatic heterocycles. The van der Waals surface area contributed by atoms with Crippen LogP contribution in [0.15, 0.2) is 16.6 Å². The van der Waals surface area contributed by atoms with Crippen LogP contribution in [0, 0.1) is 11.6 Å². The summed E-state index contributed by atoms with van der Waals surface area (Å²) in [5.74, 6) is -0.958. The Bertz CT molecular complexity index is 383. The summed E-state index contributed by atoms with van der Waals surface area (Å²) >= 11 is 2.95. The minimum Gasteiger partial charge on any atom is -0.319 e. The first-order valence-electron chi connectivity index (χ1n) is 4.17. The Balaban J connectivity index is 0.00000112. The van der Waals surface area contributed by atoms with Gasteiger partial charge in [0.25, 0.3) is 0 Å². The molecule has 6 heteroatoms. The lowest BCUT2D eigenvalue weighted by atomic mass is 9.85. The summed E-state index contributed by atoms with van der Waals surface area (Å²) < 4.78 is 26.7. The van der Waals surface area contributed by atoms with Crippen molar-refractivity contribution in [3.05, 3.63) is 33.8 Å². The Kier molecular flexibility index (Phi) is 3.71. The van der Waals surface area contributed by atoms with Crippen LogP contribution in [0.1, 0.15) is 5.56 Å². The average Bonchev–Trinajstić information content (AvgIpc) is 2.07. The molecule has 1 saturated heterocycles. The molecule has 0 unspecified atom stereocenters. The first-order chi connectivity index (χ1) is 6.53. The maximum absolute atomic E-state index is 13.6. The van der Waals surface area contributed by atoms with E-state index in [4.69, 9.17) is 5.73 Å². The van der Waals surface area contributed by atoms with Gasteiger partial charge in [-0.25, -0.2) is 8.78 Å². The zero-order valence-electron chi connectivity index (χ0n) is 7.69. The molecule has 1 fully saturated rings. The van der Waals surface area contributed by atoms with Crippen molar-refractivity contribution in [3.8, 4) is 0 Å². The first kappa shape index (κ1) is 12.8. The summed E-state index contributed by atoms with van der Waals surface area (Å²) in [6.45, 7) is 0.944. The minimum atomic E-state index is -0.769. The van der Waals surface area contributed by atoms with E-state index < -0.39 is 17.2 Å². The van der Waals surface area contributed by atoms with Crippen LogP contribution in [-0.2, 0) is 5.54 Å². The number of rotatable bonds is 1. The molecule has 1 heterocycles. The lowest BCUT2D eigenvalue weighted by molar-refractivity contribution is 0.276. The number of hydrogen-bond acceptors (Lipinski definition) is 2. The van der Waals surface area contributed by atoms with E-state index in [0.717, 1.165) is 12.1 Å². The predicted molar refractivity (Wildman–Crippen MR) is 60.0 cm³/mol. The van der Waals surface area contributed by atoms with Crippen molar-refractivity contribution < 1.29 is 8.78 Å². The predicted octanol–water partition coefficient (Wildman–Crippen LogP) is 1.91. The number of halogens is 4. The van der Waals surface area contributed by atoms with Gasteiger partial charge in [-0.05, 0) is 28.1 Å². The second kappa shape index (κ2) is 4.33. The summed E-state index contributed by atoms with van der Waals surface area (Å²) in [6.07, 6.45) is 0. The molecule has 0 atom stereocenters. The first-order valence-corrected chi connectivity index (χ1v) is 4.97. The molecule has 1 aromatic rings. The van der Waals surface area contributed by atoms with Crippen molar-refractivity contribution in [3.63, 3.8) is 0 Å². The van der Waals surface area contributed by atoms with Gasteiger partial charge in [0.05, 0.1) is 10.0 Å². The molecular formula is C9H10BrClF2N2. The van der Waals surface area contributed by atoms with Crippen LogP contribution in [-0.4, -0.2) is 13.1 Å². The van der Waals surface area contributed by atoms with Gasteiger partial charge >= 0.3 is 0 Å². The highest BCUT2D eigenvalue weighted by Crippen LogP contribution is 2.30. The van der Waals surface area contributed by atoms with E-state index >= 15 is 0 Å². The van der Waals surface area contributed by atoms with Crippen molar-refractivity contribution in [2.24, 2.45) is 5.73 Å². The molecule has 2 nitrogen and oxygen atoms in total. The zero-order chi connectivity index (χ0) is 10.3. The Hall–Kier alpha value is -0.230. The van der Waals surface area contributed by atoms with Crippen molar-refractivity contribution in [2.75, 3.05) is 13.1 Å². The van der Waals surface area contributed by atoms with Crippen LogP contribution in [0.3, 0.4) is 0 Å². The maximum atomic E-state index is 13.6.